The first-order valence-corrected chi connectivity index (χ1v) is 7.23. The number of methoxy groups -OCH3 is 1. The smallest absolute Gasteiger partial charge is 0.132 e. The summed E-state index contributed by atoms with van der Waals surface area (Å²) < 4.78 is 5.34. The molecule has 0 radical (unpaired) electrons. The van der Waals surface area contributed by atoms with Gasteiger partial charge in [0, 0.05) is 4.90 Å². The summed E-state index contributed by atoms with van der Waals surface area (Å²) in [6.45, 7) is 0.634. The van der Waals surface area contributed by atoms with Crippen LogP contribution in [-0.2, 0) is 6.42 Å². The minimum absolute atomic E-state index is 0.634. The number of hydrogen-bond acceptors (Lipinski definition) is 3. The lowest BCUT2D eigenvalue weighted by Crippen LogP contribution is -2.02. The second kappa shape index (κ2) is 6.85. The molecule has 0 unspecified atom stereocenters. The zero-order chi connectivity index (χ0) is 13.7. The molecule has 0 atom stereocenters. The molecule has 4 heteroatoms. The van der Waals surface area contributed by atoms with Crippen LogP contribution in [0.1, 0.15) is 5.56 Å². The van der Waals surface area contributed by atoms with Crippen LogP contribution in [0.15, 0.2) is 52.3 Å². The molecule has 19 heavy (non-hydrogen) atoms. The molecule has 0 aliphatic carbocycles. The summed E-state index contributed by atoms with van der Waals surface area (Å²) in [5, 5.41) is 0.752. The summed E-state index contributed by atoms with van der Waals surface area (Å²) in [4.78, 5) is 2.07. The quantitative estimate of drug-likeness (QED) is 0.905. The van der Waals surface area contributed by atoms with Crippen molar-refractivity contribution in [2.24, 2.45) is 5.73 Å². The Bertz CT molecular complexity index is 560. The van der Waals surface area contributed by atoms with Gasteiger partial charge in [-0.15, -0.1) is 0 Å². The van der Waals surface area contributed by atoms with Gasteiger partial charge in [-0.1, -0.05) is 41.6 Å². The Morgan fingerprint density at radius 3 is 2.63 bits per heavy atom. The Morgan fingerprint density at radius 1 is 1.16 bits per heavy atom. The summed E-state index contributed by atoms with van der Waals surface area (Å²) in [7, 11) is 1.67. The molecule has 2 rings (SSSR count). The zero-order valence-corrected chi connectivity index (χ0v) is 12.3. The molecule has 0 amide bonds. The summed E-state index contributed by atoms with van der Waals surface area (Å²) in [5.74, 6) is 0.856. The molecule has 100 valence electrons. The maximum atomic E-state index is 6.31. The number of hydrogen-bond donors (Lipinski definition) is 1. The first kappa shape index (κ1) is 14.3. The van der Waals surface area contributed by atoms with Crippen LogP contribution >= 0.6 is 23.4 Å². The maximum Gasteiger partial charge on any atom is 0.132 e. The van der Waals surface area contributed by atoms with Crippen molar-refractivity contribution >= 4 is 23.4 Å². The highest BCUT2D eigenvalue weighted by Gasteiger charge is 2.07. The highest BCUT2D eigenvalue weighted by molar-refractivity contribution is 7.99. The van der Waals surface area contributed by atoms with Crippen molar-refractivity contribution in [1.29, 1.82) is 0 Å². The van der Waals surface area contributed by atoms with Crippen molar-refractivity contribution in [1.82, 2.24) is 0 Å². The summed E-state index contributed by atoms with van der Waals surface area (Å²) in [6, 6.07) is 14.0. The lowest BCUT2D eigenvalue weighted by Gasteiger charge is -2.09. The van der Waals surface area contributed by atoms with Crippen molar-refractivity contribution in [3.05, 3.63) is 53.1 Å². The first-order chi connectivity index (χ1) is 9.24. The Balaban J connectivity index is 2.23. The van der Waals surface area contributed by atoms with E-state index in [4.69, 9.17) is 22.1 Å². The second-order valence-electron chi connectivity index (χ2n) is 4.06. The monoisotopic (exact) mass is 293 g/mol. The molecule has 0 saturated heterocycles. The highest BCUT2D eigenvalue weighted by Crippen LogP contribution is 2.38. The molecular formula is C15H16ClNOS. The van der Waals surface area contributed by atoms with E-state index in [1.54, 1.807) is 18.9 Å². The van der Waals surface area contributed by atoms with E-state index in [1.165, 1.54) is 0 Å². The summed E-state index contributed by atoms with van der Waals surface area (Å²) >= 11 is 7.91. The third-order valence-corrected chi connectivity index (χ3v) is 4.28. The van der Waals surface area contributed by atoms with Gasteiger partial charge in [0.2, 0.25) is 0 Å². The third kappa shape index (κ3) is 3.66. The summed E-state index contributed by atoms with van der Waals surface area (Å²) in [6.07, 6.45) is 0.847. The third-order valence-electron chi connectivity index (χ3n) is 2.72. The van der Waals surface area contributed by atoms with E-state index in [-0.39, 0.29) is 0 Å². The molecule has 0 fully saturated rings. The van der Waals surface area contributed by atoms with Crippen LogP contribution in [0.3, 0.4) is 0 Å². The fourth-order valence-electron chi connectivity index (χ4n) is 1.77. The predicted octanol–water partition coefficient (Wildman–Crippen LogP) is 4.00. The van der Waals surface area contributed by atoms with E-state index in [0.717, 1.165) is 32.5 Å². The topological polar surface area (TPSA) is 35.2 Å². The minimum atomic E-state index is 0.634. The molecule has 0 aromatic heterocycles. The number of benzene rings is 2. The Labute approximate surface area is 122 Å². The summed E-state index contributed by atoms with van der Waals surface area (Å²) in [5.41, 5.74) is 6.71. The Morgan fingerprint density at radius 2 is 1.95 bits per heavy atom. The average molecular weight is 294 g/mol. The molecular weight excluding hydrogens is 278 g/mol. The van der Waals surface area contributed by atoms with E-state index in [2.05, 4.69) is 6.07 Å². The molecule has 0 heterocycles. The highest BCUT2D eigenvalue weighted by atomic mass is 35.5. The molecule has 2 aromatic rings. The van der Waals surface area contributed by atoms with Crippen LogP contribution < -0.4 is 10.5 Å². The molecule has 0 saturated carbocycles. The van der Waals surface area contributed by atoms with Gasteiger partial charge in [0.15, 0.2) is 0 Å². The zero-order valence-electron chi connectivity index (χ0n) is 10.7. The van der Waals surface area contributed by atoms with Gasteiger partial charge in [0.05, 0.1) is 17.0 Å². The molecule has 0 spiro atoms. The van der Waals surface area contributed by atoms with Gasteiger partial charge in [-0.05, 0) is 42.8 Å². The van der Waals surface area contributed by atoms with Crippen molar-refractivity contribution in [3.63, 3.8) is 0 Å². The van der Waals surface area contributed by atoms with E-state index in [1.807, 2.05) is 36.4 Å². The largest absolute Gasteiger partial charge is 0.496 e. The van der Waals surface area contributed by atoms with Crippen LogP contribution in [0.2, 0.25) is 5.02 Å². The normalized spacial score (nSPS) is 10.5. The number of para-hydroxylation sites is 1. The van der Waals surface area contributed by atoms with E-state index >= 15 is 0 Å². The fraction of sp³-hybridized carbons (Fsp3) is 0.200. The van der Waals surface area contributed by atoms with Gasteiger partial charge < -0.3 is 10.5 Å². The molecule has 2 N–H and O–H groups in total. The van der Waals surface area contributed by atoms with Gasteiger partial charge >= 0.3 is 0 Å². The van der Waals surface area contributed by atoms with Crippen LogP contribution in [0.5, 0.6) is 5.75 Å². The number of halogens is 1. The molecule has 2 nitrogen and oxygen atoms in total. The number of rotatable bonds is 5. The van der Waals surface area contributed by atoms with Gasteiger partial charge in [-0.2, -0.15) is 0 Å². The van der Waals surface area contributed by atoms with Crippen LogP contribution in [0, 0.1) is 0 Å². The van der Waals surface area contributed by atoms with Gasteiger partial charge in [0.1, 0.15) is 5.75 Å². The van der Waals surface area contributed by atoms with E-state index < -0.39 is 0 Å². The van der Waals surface area contributed by atoms with Crippen LogP contribution in [-0.4, -0.2) is 13.7 Å². The fourth-order valence-corrected chi connectivity index (χ4v) is 3.02. The number of ether oxygens (including phenoxy) is 1. The Hall–Kier alpha value is -1.16. The van der Waals surface area contributed by atoms with Gasteiger partial charge in [-0.3, -0.25) is 0 Å². The standard InChI is InChI=1S/C15H16ClNOS/c1-18-13-4-2-3-5-15(13)19-14-7-6-11(8-9-17)10-12(14)16/h2-7,10H,8-9,17H2,1H3. The average Bonchev–Trinajstić information content (AvgIpc) is 2.43. The first-order valence-electron chi connectivity index (χ1n) is 6.04. The maximum absolute atomic E-state index is 6.31. The van der Waals surface area contributed by atoms with Crippen molar-refractivity contribution < 1.29 is 4.74 Å². The molecule has 0 aliphatic heterocycles. The van der Waals surface area contributed by atoms with Crippen molar-refractivity contribution in [3.8, 4) is 5.75 Å². The SMILES string of the molecule is COc1ccccc1Sc1ccc(CCN)cc1Cl. The minimum Gasteiger partial charge on any atom is -0.496 e. The molecule has 0 bridgehead atoms. The molecule has 2 aromatic carbocycles. The van der Waals surface area contributed by atoms with Gasteiger partial charge in [0.25, 0.3) is 0 Å². The lowest BCUT2D eigenvalue weighted by atomic mass is 10.1. The van der Waals surface area contributed by atoms with Gasteiger partial charge in [-0.25, -0.2) is 0 Å². The molecule has 0 aliphatic rings. The van der Waals surface area contributed by atoms with E-state index in [9.17, 15) is 0 Å². The van der Waals surface area contributed by atoms with Crippen molar-refractivity contribution in [2.75, 3.05) is 13.7 Å². The lowest BCUT2D eigenvalue weighted by molar-refractivity contribution is 0.405. The van der Waals surface area contributed by atoms with E-state index in [0.29, 0.717) is 6.54 Å². The van der Waals surface area contributed by atoms with Crippen LogP contribution in [0.25, 0.3) is 0 Å². The Kier molecular flexibility index (Phi) is 5.14. The van der Waals surface area contributed by atoms with Crippen LogP contribution in [0.4, 0.5) is 0 Å². The predicted molar refractivity (Wildman–Crippen MR) is 81.3 cm³/mol. The number of nitrogens with two attached hydrogens (primary N) is 1. The second-order valence-corrected chi connectivity index (χ2v) is 5.55. The van der Waals surface area contributed by atoms with Crippen molar-refractivity contribution in [2.45, 2.75) is 16.2 Å².